The zero-order valence-corrected chi connectivity index (χ0v) is 17.7. The van der Waals surface area contributed by atoms with Crippen molar-refractivity contribution in [2.24, 2.45) is 0 Å². The lowest BCUT2D eigenvalue weighted by Crippen LogP contribution is -2.23. The SMILES string of the molecule is CSc1c(O)c(SC)c2c(c1SC)OCCC2OC(=O)Nc1ccccc1. The van der Waals surface area contributed by atoms with Crippen molar-refractivity contribution in [3.63, 3.8) is 0 Å². The number of phenolic OH excluding ortho intramolecular Hbond substituents is 1. The smallest absolute Gasteiger partial charge is 0.412 e. The summed E-state index contributed by atoms with van der Waals surface area (Å²) in [6.07, 6.45) is 5.30. The van der Waals surface area contributed by atoms with Crippen molar-refractivity contribution in [2.75, 3.05) is 30.7 Å². The monoisotopic (exact) mass is 423 g/mol. The number of hydrogen-bond acceptors (Lipinski definition) is 7. The van der Waals surface area contributed by atoms with Crippen molar-refractivity contribution >= 4 is 47.1 Å². The number of carbonyl (C=O) groups is 1. The van der Waals surface area contributed by atoms with Crippen LogP contribution in [-0.2, 0) is 4.74 Å². The van der Waals surface area contributed by atoms with Gasteiger partial charge >= 0.3 is 6.09 Å². The van der Waals surface area contributed by atoms with Crippen molar-refractivity contribution in [1.82, 2.24) is 0 Å². The second kappa shape index (κ2) is 9.03. The summed E-state index contributed by atoms with van der Waals surface area (Å²) >= 11 is 4.43. The Morgan fingerprint density at radius 2 is 1.78 bits per heavy atom. The molecule has 0 aliphatic carbocycles. The average molecular weight is 424 g/mol. The van der Waals surface area contributed by atoms with Gasteiger partial charge in [-0.15, -0.1) is 35.3 Å². The highest BCUT2D eigenvalue weighted by Gasteiger charge is 2.34. The van der Waals surface area contributed by atoms with Crippen LogP contribution in [0.15, 0.2) is 45.0 Å². The van der Waals surface area contributed by atoms with E-state index in [2.05, 4.69) is 5.32 Å². The average Bonchev–Trinajstić information content (AvgIpc) is 2.68. The molecular formula is C19H21NO4S3. The van der Waals surface area contributed by atoms with Gasteiger partial charge in [-0.1, -0.05) is 18.2 Å². The van der Waals surface area contributed by atoms with Crippen LogP contribution in [0.25, 0.3) is 0 Å². The molecule has 0 saturated carbocycles. The quantitative estimate of drug-likeness (QED) is 0.604. The fourth-order valence-electron chi connectivity index (χ4n) is 3.01. The minimum absolute atomic E-state index is 0.223. The Hall–Kier alpha value is -1.64. The van der Waals surface area contributed by atoms with Crippen LogP contribution in [0.4, 0.5) is 10.5 Å². The molecule has 1 atom stereocenters. The number of fused-ring (bicyclic) bond motifs is 1. The van der Waals surface area contributed by atoms with E-state index in [0.29, 0.717) is 29.4 Å². The number of anilines is 1. The molecule has 0 saturated heterocycles. The highest BCUT2D eigenvalue weighted by atomic mass is 32.2. The third-order valence-corrected chi connectivity index (χ3v) is 6.72. The van der Waals surface area contributed by atoms with Crippen LogP contribution in [0.5, 0.6) is 11.5 Å². The molecule has 1 unspecified atom stereocenters. The summed E-state index contributed by atoms with van der Waals surface area (Å²) in [7, 11) is 0. The molecular weight excluding hydrogens is 402 g/mol. The lowest BCUT2D eigenvalue weighted by molar-refractivity contribution is 0.0758. The number of rotatable bonds is 5. The first-order valence-corrected chi connectivity index (χ1v) is 12.0. The van der Waals surface area contributed by atoms with E-state index >= 15 is 0 Å². The summed E-state index contributed by atoms with van der Waals surface area (Å²) in [5.41, 5.74) is 1.42. The number of thioether (sulfide) groups is 3. The lowest BCUT2D eigenvalue weighted by Gasteiger charge is -2.30. The summed E-state index contributed by atoms with van der Waals surface area (Å²) in [4.78, 5) is 14.8. The van der Waals surface area contributed by atoms with Gasteiger partial charge in [-0.3, -0.25) is 5.32 Å². The molecule has 144 valence electrons. The summed E-state index contributed by atoms with van der Waals surface area (Å²) in [6, 6.07) is 9.17. The summed E-state index contributed by atoms with van der Waals surface area (Å²) in [5, 5.41) is 13.5. The van der Waals surface area contributed by atoms with Crippen LogP contribution in [0.1, 0.15) is 18.1 Å². The largest absolute Gasteiger partial charge is 0.506 e. The van der Waals surface area contributed by atoms with Crippen LogP contribution in [0, 0.1) is 0 Å². The van der Waals surface area contributed by atoms with Crippen LogP contribution in [0.3, 0.4) is 0 Å². The van der Waals surface area contributed by atoms with Crippen molar-refractivity contribution < 1.29 is 19.4 Å². The first-order chi connectivity index (χ1) is 13.1. The van der Waals surface area contributed by atoms with Gasteiger partial charge in [0.25, 0.3) is 0 Å². The number of hydrogen-bond donors (Lipinski definition) is 2. The lowest BCUT2D eigenvalue weighted by atomic mass is 10.0. The number of aromatic hydroxyl groups is 1. The van der Waals surface area contributed by atoms with Crippen molar-refractivity contribution in [1.29, 1.82) is 0 Å². The molecule has 1 heterocycles. The molecule has 3 rings (SSSR count). The molecule has 0 fully saturated rings. The molecule has 0 radical (unpaired) electrons. The van der Waals surface area contributed by atoms with E-state index in [9.17, 15) is 9.90 Å². The van der Waals surface area contributed by atoms with E-state index < -0.39 is 12.2 Å². The van der Waals surface area contributed by atoms with Gasteiger partial charge in [-0.05, 0) is 30.9 Å². The molecule has 1 aliphatic heterocycles. The van der Waals surface area contributed by atoms with Gasteiger partial charge in [0.05, 0.1) is 26.9 Å². The Morgan fingerprint density at radius 3 is 2.41 bits per heavy atom. The zero-order valence-electron chi connectivity index (χ0n) is 15.3. The van der Waals surface area contributed by atoms with Crippen LogP contribution in [0.2, 0.25) is 0 Å². The molecule has 2 aromatic rings. The minimum atomic E-state index is -0.523. The Morgan fingerprint density at radius 1 is 1.11 bits per heavy atom. The third-order valence-electron chi connectivity index (χ3n) is 4.16. The Bertz CT molecular complexity index is 830. The van der Waals surface area contributed by atoms with E-state index in [4.69, 9.17) is 9.47 Å². The van der Waals surface area contributed by atoms with E-state index in [-0.39, 0.29) is 5.75 Å². The van der Waals surface area contributed by atoms with Gasteiger partial charge in [0.1, 0.15) is 17.6 Å². The maximum absolute atomic E-state index is 12.4. The predicted molar refractivity (Wildman–Crippen MR) is 113 cm³/mol. The number of phenols is 1. The predicted octanol–water partition coefficient (Wildman–Crippen LogP) is 5.63. The first-order valence-electron chi connectivity index (χ1n) is 8.31. The standard InChI is InChI=1S/C19H21NO4S3/c1-25-16-13-12(24-19(22)20-11-7-5-4-6-8-11)9-10-23-15(13)18(27-3)17(26-2)14(16)21/h4-8,12,21H,9-10H2,1-3H3,(H,20,22). The fourth-order valence-corrected chi connectivity index (χ4v) is 5.53. The van der Waals surface area contributed by atoms with Crippen molar-refractivity contribution in [3.05, 3.63) is 35.9 Å². The van der Waals surface area contributed by atoms with Crippen molar-refractivity contribution in [2.45, 2.75) is 27.2 Å². The highest BCUT2D eigenvalue weighted by molar-refractivity contribution is 8.02. The zero-order chi connectivity index (χ0) is 19.4. The number of amides is 1. The van der Waals surface area contributed by atoms with Gasteiger partial charge in [0.2, 0.25) is 0 Å². The number of nitrogens with one attached hydrogen (secondary N) is 1. The molecule has 0 bridgehead atoms. The third kappa shape index (κ3) is 4.12. The maximum atomic E-state index is 12.4. The molecule has 1 aliphatic rings. The van der Waals surface area contributed by atoms with Crippen LogP contribution < -0.4 is 10.1 Å². The molecule has 27 heavy (non-hydrogen) atoms. The van der Waals surface area contributed by atoms with E-state index in [0.717, 1.165) is 15.4 Å². The summed E-state index contributed by atoms with van der Waals surface area (Å²) < 4.78 is 11.7. The van der Waals surface area contributed by atoms with E-state index in [1.165, 1.54) is 35.3 Å². The molecule has 5 nitrogen and oxygen atoms in total. The fraction of sp³-hybridized carbons (Fsp3) is 0.316. The molecule has 0 spiro atoms. The molecule has 1 amide bonds. The Labute approximate surface area is 171 Å². The molecule has 0 aromatic heterocycles. The van der Waals surface area contributed by atoms with Crippen LogP contribution >= 0.6 is 35.3 Å². The second-order valence-electron chi connectivity index (χ2n) is 5.71. The maximum Gasteiger partial charge on any atom is 0.412 e. The number of benzene rings is 2. The highest BCUT2D eigenvalue weighted by Crippen LogP contribution is 2.54. The Balaban J connectivity index is 1.95. The summed E-state index contributed by atoms with van der Waals surface area (Å²) in [6.45, 7) is 0.455. The molecule has 2 N–H and O–H groups in total. The topological polar surface area (TPSA) is 67.8 Å². The second-order valence-corrected chi connectivity index (χ2v) is 8.16. The van der Waals surface area contributed by atoms with Crippen molar-refractivity contribution in [3.8, 4) is 11.5 Å². The van der Waals surface area contributed by atoms with Gasteiger partial charge in [-0.25, -0.2) is 4.79 Å². The van der Waals surface area contributed by atoms with Gasteiger partial charge < -0.3 is 14.6 Å². The van der Waals surface area contributed by atoms with Crippen LogP contribution in [-0.4, -0.2) is 36.6 Å². The normalized spacial score (nSPS) is 15.6. The Kier molecular flexibility index (Phi) is 6.73. The summed E-state index contributed by atoms with van der Waals surface area (Å²) in [5.74, 6) is 0.929. The van der Waals surface area contributed by atoms with Gasteiger partial charge in [0, 0.05) is 12.1 Å². The van der Waals surface area contributed by atoms with Gasteiger partial charge in [-0.2, -0.15) is 0 Å². The molecule has 2 aromatic carbocycles. The van der Waals surface area contributed by atoms with E-state index in [1.807, 2.05) is 37.0 Å². The first kappa shape index (κ1) is 20.1. The number of para-hydroxylation sites is 1. The number of ether oxygens (including phenoxy) is 2. The minimum Gasteiger partial charge on any atom is -0.506 e. The number of carbonyl (C=O) groups excluding carboxylic acids is 1. The van der Waals surface area contributed by atoms with Gasteiger partial charge in [0.15, 0.2) is 0 Å². The molecule has 8 heteroatoms. The van der Waals surface area contributed by atoms with E-state index in [1.54, 1.807) is 12.1 Å².